The van der Waals surface area contributed by atoms with Gasteiger partial charge in [-0.3, -0.25) is 33.6 Å². The number of alkyl halides is 15. The maximum atomic E-state index is 13.1. The summed E-state index contributed by atoms with van der Waals surface area (Å²) in [5.74, 6) is 0.434. The number of hydrogen-bond donors (Lipinski definition) is 0. The lowest BCUT2D eigenvalue weighted by Crippen LogP contribution is -2.49. The van der Waals surface area contributed by atoms with Crippen LogP contribution in [0.2, 0.25) is 5.15 Å². The summed E-state index contributed by atoms with van der Waals surface area (Å²) in [5.41, 5.74) is 0.496. The summed E-state index contributed by atoms with van der Waals surface area (Å²) in [5, 5.41) is 5.21. The minimum Gasteiger partial charge on any atom is -0.457 e. The Morgan fingerprint density at radius 1 is 0.438 bits per heavy atom. The van der Waals surface area contributed by atoms with Crippen LogP contribution in [0.1, 0.15) is 187 Å². The molecule has 4 aromatic carbocycles. The van der Waals surface area contributed by atoms with Gasteiger partial charge in [0.25, 0.3) is 0 Å². The summed E-state index contributed by atoms with van der Waals surface area (Å²) in [4.78, 5) is 112. The number of allylic oxidation sites excluding steroid dienone is 4. The first-order valence-electron chi connectivity index (χ1n) is 45.4. The minimum absolute atomic E-state index is 0.0157. The second-order valence-corrected chi connectivity index (χ2v) is 38.4. The molecule has 1 atom stereocenters. The van der Waals surface area contributed by atoms with Crippen LogP contribution in [0.5, 0.6) is 0 Å². The fourth-order valence-electron chi connectivity index (χ4n) is 16.6. The first-order chi connectivity index (χ1) is 65.2. The molecule has 14 rings (SSSR count). The highest BCUT2D eigenvalue weighted by Crippen LogP contribution is 2.41. The van der Waals surface area contributed by atoms with Crippen molar-refractivity contribution >= 4 is 143 Å². The molecular formula is C98H107BrClF15N10O8S4. The Morgan fingerprint density at radius 3 is 1.36 bits per heavy atom. The molecule has 0 N–H and O–H groups in total. The summed E-state index contributed by atoms with van der Waals surface area (Å²) < 4.78 is 198. The van der Waals surface area contributed by atoms with E-state index in [0.29, 0.717) is 176 Å². The van der Waals surface area contributed by atoms with Crippen LogP contribution >= 0.6 is 73.8 Å². The van der Waals surface area contributed by atoms with Gasteiger partial charge in [-0.05, 0) is 216 Å². The second-order valence-electron chi connectivity index (χ2n) is 33.7. The van der Waals surface area contributed by atoms with Crippen molar-refractivity contribution in [1.82, 2.24) is 29.5 Å². The zero-order valence-corrected chi connectivity index (χ0v) is 80.7. The number of ketones is 1. The van der Waals surface area contributed by atoms with Crippen molar-refractivity contribution in [3.8, 4) is 0 Å². The molecular weight excluding hydrogens is 1970 g/mol. The van der Waals surface area contributed by atoms with Gasteiger partial charge in [0.2, 0.25) is 29.5 Å². The molecule has 18 nitrogen and oxygen atoms in total. The van der Waals surface area contributed by atoms with Gasteiger partial charge in [0, 0.05) is 200 Å². The maximum absolute atomic E-state index is 13.1. The number of benzene rings is 4. The van der Waals surface area contributed by atoms with Crippen LogP contribution in [-0.4, -0.2) is 193 Å². The number of carbonyl (C=O) groups is 7. The molecule has 0 bridgehead atoms. The molecule has 8 aromatic rings. The largest absolute Gasteiger partial charge is 0.457 e. The van der Waals surface area contributed by atoms with E-state index in [1.807, 2.05) is 83.1 Å². The van der Waals surface area contributed by atoms with Crippen LogP contribution in [-0.2, 0) is 70.8 Å². The number of ether oxygens (including phenoxy) is 1. The summed E-state index contributed by atoms with van der Waals surface area (Å²) in [6.07, 6.45) is -4.36. The number of carbonyl (C=O) groups excluding carboxylic acids is 7. The number of hydrogen-bond acceptors (Lipinski definition) is 17. The number of aromatic nitrogens is 1. The molecule has 740 valence electrons. The molecule has 0 saturated carbocycles. The molecule has 5 fully saturated rings. The van der Waals surface area contributed by atoms with Crippen LogP contribution in [0.15, 0.2) is 184 Å². The van der Waals surface area contributed by atoms with Crippen LogP contribution in [0.25, 0.3) is 0 Å². The highest BCUT2D eigenvalue weighted by Gasteiger charge is 2.38. The summed E-state index contributed by atoms with van der Waals surface area (Å²) >= 11 is 18.8. The van der Waals surface area contributed by atoms with Gasteiger partial charge in [0.1, 0.15) is 17.1 Å². The first kappa shape index (κ1) is 108. The van der Waals surface area contributed by atoms with Gasteiger partial charge >= 0.3 is 36.9 Å². The van der Waals surface area contributed by atoms with E-state index in [1.54, 1.807) is 37.0 Å². The highest BCUT2D eigenvalue weighted by molar-refractivity contribution is 9.10. The fraction of sp³-hybridized carbons (Fsp3) is 0.459. The number of esters is 1. The Hall–Kier alpha value is -9.89. The molecule has 0 spiro atoms. The van der Waals surface area contributed by atoms with Gasteiger partial charge in [-0.15, -0.1) is 34.0 Å². The summed E-state index contributed by atoms with van der Waals surface area (Å²) in [6, 6.07) is 32.8. The molecule has 0 radical (unpaired) electrons. The third-order valence-electron chi connectivity index (χ3n) is 24.5. The van der Waals surface area contributed by atoms with E-state index in [9.17, 15) is 99.4 Å². The molecule has 39 heteroatoms. The number of halogens is 17. The number of nitrogens with zero attached hydrogens (tertiary/aromatic N) is 10. The van der Waals surface area contributed by atoms with Gasteiger partial charge in [-0.2, -0.15) is 65.9 Å². The molecule has 4 aromatic heterocycles. The molecule has 5 amide bonds. The van der Waals surface area contributed by atoms with E-state index in [0.717, 1.165) is 152 Å². The molecule has 5 saturated heterocycles. The van der Waals surface area contributed by atoms with E-state index in [4.69, 9.17) is 28.6 Å². The number of thiophene rings is 3. The predicted molar refractivity (Wildman–Crippen MR) is 510 cm³/mol. The Labute approximate surface area is 816 Å². The lowest BCUT2D eigenvalue weighted by atomic mass is 9.89. The molecule has 6 aliphatic rings. The third kappa shape index (κ3) is 33.1. The highest BCUT2D eigenvalue weighted by atomic mass is 79.9. The zero-order valence-electron chi connectivity index (χ0n) is 75.1. The van der Waals surface area contributed by atoms with Gasteiger partial charge in [-0.25, -0.2) is 4.98 Å². The van der Waals surface area contributed by atoms with E-state index in [2.05, 4.69) is 27.0 Å². The molecule has 9 heterocycles. The number of thiocarbonyl (C=S) groups is 1. The Morgan fingerprint density at radius 2 is 0.883 bits per heavy atom. The van der Waals surface area contributed by atoms with Crippen LogP contribution < -0.4 is 19.6 Å². The maximum Gasteiger partial charge on any atom is 0.419 e. The Kier molecular flexibility index (Phi) is 39.9. The lowest BCUT2D eigenvalue weighted by Gasteiger charge is -2.36. The smallest absolute Gasteiger partial charge is 0.419 e. The monoisotopic (exact) mass is 2080 g/mol. The van der Waals surface area contributed by atoms with E-state index >= 15 is 0 Å². The minimum atomic E-state index is -4.52. The summed E-state index contributed by atoms with van der Waals surface area (Å²) in [7, 11) is 0. The van der Waals surface area contributed by atoms with E-state index < -0.39 is 70.0 Å². The summed E-state index contributed by atoms with van der Waals surface area (Å²) in [6.45, 7) is 9.61. The van der Waals surface area contributed by atoms with Gasteiger partial charge in [-0.1, -0.05) is 91.6 Å². The van der Waals surface area contributed by atoms with Gasteiger partial charge < -0.3 is 48.8 Å². The van der Waals surface area contributed by atoms with E-state index in [-0.39, 0.29) is 72.9 Å². The van der Waals surface area contributed by atoms with Gasteiger partial charge in [0.05, 0.1) is 38.4 Å². The number of piperazine rings is 4. The third-order valence-corrected chi connectivity index (χ3v) is 28.7. The number of Topliss-reactive ketones (excluding diaryl/α,β-unsaturated/α-hetero) is 1. The molecule has 137 heavy (non-hydrogen) atoms. The first-order valence-corrected chi connectivity index (χ1v) is 49.7. The quantitative estimate of drug-likeness (QED) is 0.0104. The van der Waals surface area contributed by atoms with Crippen molar-refractivity contribution < 1.29 is 104 Å². The lowest BCUT2D eigenvalue weighted by molar-refractivity contribution is -0.151. The van der Waals surface area contributed by atoms with E-state index in [1.165, 1.54) is 76.1 Å². The van der Waals surface area contributed by atoms with Gasteiger partial charge in [0.15, 0.2) is 5.78 Å². The van der Waals surface area contributed by atoms with Crippen molar-refractivity contribution in [3.05, 3.63) is 237 Å². The zero-order chi connectivity index (χ0) is 98.6. The van der Waals surface area contributed by atoms with Crippen molar-refractivity contribution in [3.63, 3.8) is 0 Å². The van der Waals surface area contributed by atoms with Crippen molar-refractivity contribution in [2.24, 2.45) is 0 Å². The molecule has 1 aliphatic carbocycles. The van der Waals surface area contributed by atoms with Crippen molar-refractivity contribution in [2.75, 3.05) is 137 Å². The van der Waals surface area contributed by atoms with Crippen LogP contribution in [0.4, 0.5) is 88.7 Å². The second kappa shape index (κ2) is 50.8. The normalized spacial score (nSPS) is 16.1. The topological polar surface area (TPSA) is 171 Å². The number of rotatable bonds is 30. The SMILES string of the molecule is O=C(CCC(=O)N1CCC(c2ccc(C(F)(F)F)cc2)CC1)c1cccs1.O=C(CCCC1=CC=CCC1=S)N1CCN(c2ccc(C(F)(F)F)cc2Br)CC1.O=C(CCCCCCCC(=O)N1CCN(c2ccc(C(F)(F)F)cc2)CC1)OC(CCC(=O)N1CCN(c2ccc(C(F)(F)F)cc2)CC1)c1cccs1.O=C(CCCc1cccs1)N1CCN(c2ccc(C(F)(F)F)c(Cl)n2)CC1. The Bertz CT molecular complexity index is 5300. The number of amides is 5. The predicted octanol–water partition coefficient (Wildman–Crippen LogP) is 23.7. The average molecular weight is 2080 g/mol. The number of aryl methyl sites for hydroxylation is 1. The molecule has 1 unspecified atom stereocenters. The fourth-order valence-corrected chi connectivity index (χ4v) is 20.0. The molecule has 5 aliphatic heterocycles. The average Bonchev–Trinajstić information content (AvgIpc) is 1.64. The standard InChI is InChI=1S/C39H46F6N4O4S.C21H22BrF3N2OS.C20H20F3NO2S.C18H19ClF3N3OS/c40-38(41,42)29-10-14-31(15-11-29)46-20-24-48(25-21-46)35(50)8-4-2-1-3-5-9-37(52)53-33(34-7-6-28-54-34)18-19-36(51)49-26-22-47(23-27-49)32-16-12-30(13-17-32)39(43,44)45;22-17-14-16(21(23,24)25)8-9-18(17)26-10-12-27(13-11-26)20(28)7-3-5-15-4-1-2-6-19(15)29;21-20(22,23)16-5-3-14(4-6-16)15-9-11-24(12-10-15)19(26)8-7-17(25)18-2-1-13-27-18;19-17-14(18(20,21)22)6-7-15(23-17)24-8-10-25(11-9-24)16(26)5-1-3-13-4-2-12-27-13/h6-7,10-17,28,33H,1-5,8-9,18-27H2;1-2,4,8-9,14H,3,5-7,10-13H2;1-6,13,15H,7-12H2;2,4,6-7,12H,1,3,5,8-11H2. The Balaban J connectivity index is 0.000000185. The number of pyridine rings is 1. The van der Waals surface area contributed by atoms with Crippen LogP contribution in [0, 0.1) is 0 Å². The number of anilines is 4. The van der Waals surface area contributed by atoms with Crippen LogP contribution in [0.3, 0.4) is 0 Å². The van der Waals surface area contributed by atoms with Crippen molar-refractivity contribution in [2.45, 2.75) is 171 Å². The van der Waals surface area contributed by atoms with Crippen molar-refractivity contribution in [1.29, 1.82) is 0 Å². The number of unbranched alkanes of at least 4 members (excludes halogenated alkanes) is 4. The number of piperidine rings is 1. The number of likely N-dealkylation sites (tertiary alicyclic amines) is 1.